The molecule has 132 valence electrons. The number of fused-ring (bicyclic) bond motifs is 1. The summed E-state index contributed by atoms with van der Waals surface area (Å²) in [4.78, 5) is 27.7. The number of carbonyl (C=O) groups is 1. The SMILES string of the molecule is COc1ccc(-n2nc(C(=O)N3CCCC3)c3ccccc3c2=O)cc1. The molecular formula is C20H19N3O3. The molecule has 0 bridgehead atoms. The van der Waals surface area contributed by atoms with E-state index < -0.39 is 0 Å². The molecule has 2 aromatic carbocycles. The van der Waals surface area contributed by atoms with Gasteiger partial charge in [0.1, 0.15) is 5.75 Å². The van der Waals surface area contributed by atoms with E-state index in [1.807, 2.05) is 6.07 Å². The minimum absolute atomic E-state index is 0.124. The topological polar surface area (TPSA) is 64.4 Å². The lowest BCUT2D eigenvalue weighted by Gasteiger charge is -2.17. The Kier molecular flexibility index (Phi) is 4.16. The average Bonchev–Trinajstić information content (AvgIpc) is 3.23. The van der Waals surface area contributed by atoms with Gasteiger partial charge in [0, 0.05) is 18.5 Å². The van der Waals surface area contributed by atoms with Crippen LogP contribution in [0.25, 0.3) is 16.5 Å². The van der Waals surface area contributed by atoms with Crippen LogP contribution in [-0.4, -0.2) is 40.8 Å². The molecule has 1 aliphatic rings. The lowest BCUT2D eigenvalue weighted by Crippen LogP contribution is -2.32. The molecule has 1 fully saturated rings. The molecule has 0 atom stereocenters. The summed E-state index contributed by atoms with van der Waals surface area (Å²) < 4.78 is 6.46. The molecule has 4 rings (SSSR count). The summed E-state index contributed by atoms with van der Waals surface area (Å²) >= 11 is 0. The standard InChI is InChI=1S/C20H19N3O3/c1-26-15-10-8-14(9-11-15)23-19(24)17-7-3-2-6-16(17)18(21-23)20(25)22-12-4-5-13-22/h2-3,6-11H,4-5,12-13H2,1H3. The lowest BCUT2D eigenvalue weighted by atomic mass is 10.1. The second-order valence-electron chi connectivity index (χ2n) is 6.31. The normalized spacial score (nSPS) is 14.0. The Morgan fingerprint density at radius 3 is 2.31 bits per heavy atom. The van der Waals surface area contributed by atoms with Crippen molar-refractivity contribution < 1.29 is 9.53 Å². The fourth-order valence-corrected chi connectivity index (χ4v) is 3.32. The number of hydrogen-bond acceptors (Lipinski definition) is 4. The van der Waals surface area contributed by atoms with E-state index in [0.29, 0.717) is 27.9 Å². The predicted molar refractivity (Wildman–Crippen MR) is 99.0 cm³/mol. The van der Waals surface area contributed by atoms with Gasteiger partial charge in [-0.25, -0.2) is 0 Å². The molecular weight excluding hydrogens is 330 g/mol. The number of rotatable bonds is 3. The van der Waals surface area contributed by atoms with E-state index in [1.54, 1.807) is 54.5 Å². The van der Waals surface area contributed by atoms with Gasteiger partial charge < -0.3 is 9.64 Å². The monoisotopic (exact) mass is 349 g/mol. The zero-order valence-corrected chi connectivity index (χ0v) is 14.5. The third kappa shape index (κ3) is 2.73. The second kappa shape index (κ2) is 6.63. The maximum Gasteiger partial charge on any atom is 0.279 e. The van der Waals surface area contributed by atoms with Crippen LogP contribution in [0, 0.1) is 0 Å². The molecule has 26 heavy (non-hydrogen) atoms. The number of amides is 1. The van der Waals surface area contributed by atoms with E-state index in [4.69, 9.17) is 4.74 Å². The van der Waals surface area contributed by atoms with Crippen LogP contribution in [0.4, 0.5) is 0 Å². The van der Waals surface area contributed by atoms with Crippen LogP contribution < -0.4 is 10.3 Å². The molecule has 6 nitrogen and oxygen atoms in total. The Bertz CT molecular complexity index is 1020. The lowest BCUT2D eigenvalue weighted by molar-refractivity contribution is 0.0787. The highest BCUT2D eigenvalue weighted by Crippen LogP contribution is 2.20. The molecule has 0 spiro atoms. The van der Waals surface area contributed by atoms with E-state index in [2.05, 4.69) is 5.10 Å². The predicted octanol–water partition coefficient (Wildman–Crippen LogP) is 2.63. The van der Waals surface area contributed by atoms with Gasteiger partial charge in [0.15, 0.2) is 5.69 Å². The first kappa shape index (κ1) is 16.3. The molecule has 1 aromatic heterocycles. The summed E-state index contributed by atoms with van der Waals surface area (Å²) in [5, 5.41) is 5.53. The van der Waals surface area contributed by atoms with E-state index in [-0.39, 0.29) is 11.5 Å². The van der Waals surface area contributed by atoms with Crippen molar-refractivity contribution in [2.45, 2.75) is 12.8 Å². The van der Waals surface area contributed by atoms with Gasteiger partial charge in [0.2, 0.25) is 0 Å². The minimum Gasteiger partial charge on any atom is -0.497 e. The van der Waals surface area contributed by atoms with Gasteiger partial charge in [-0.05, 0) is 43.2 Å². The first-order valence-electron chi connectivity index (χ1n) is 8.65. The number of aromatic nitrogens is 2. The van der Waals surface area contributed by atoms with E-state index in [0.717, 1.165) is 25.9 Å². The number of methoxy groups -OCH3 is 1. The number of ether oxygens (including phenoxy) is 1. The van der Waals surface area contributed by atoms with Crippen LogP contribution in [-0.2, 0) is 0 Å². The molecule has 1 amide bonds. The zero-order chi connectivity index (χ0) is 18.1. The zero-order valence-electron chi connectivity index (χ0n) is 14.5. The quantitative estimate of drug-likeness (QED) is 0.729. The van der Waals surface area contributed by atoms with E-state index >= 15 is 0 Å². The Hall–Kier alpha value is -3.15. The van der Waals surface area contributed by atoms with Gasteiger partial charge in [0.25, 0.3) is 11.5 Å². The van der Waals surface area contributed by atoms with Gasteiger partial charge in [0.05, 0.1) is 18.2 Å². The number of carbonyl (C=O) groups excluding carboxylic acids is 1. The Morgan fingerprint density at radius 1 is 1.00 bits per heavy atom. The summed E-state index contributed by atoms with van der Waals surface area (Å²) in [5.41, 5.74) is 0.665. The van der Waals surface area contributed by atoms with Gasteiger partial charge in [-0.1, -0.05) is 18.2 Å². The van der Waals surface area contributed by atoms with Crippen LogP contribution in [0.2, 0.25) is 0 Å². The minimum atomic E-state index is -0.247. The summed E-state index contributed by atoms with van der Waals surface area (Å²) in [5.74, 6) is 0.567. The molecule has 0 N–H and O–H groups in total. The van der Waals surface area contributed by atoms with E-state index in [1.165, 1.54) is 4.68 Å². The number of likely N-dealkylation sites (tertiary alicyclic amines) is 1. The van der Waals surface area contributed by atoms with Crippen molar-refractivity contribution >= 4 is 16.7 Å². The molecule has 1 aliphatic heterocycles. The highest BCUT2D eigenvalue weighted by atomic mass is 16.5. The summed E-state index contributed by atoms with van der Waals surface area (Å²) in [7, 11) is 1.59. The smallest absolute Gasteiger partial charge is 0.279 e. The Balaban J connectivity index is 1.91. The molecule has 0 aliphatic carbocycles. The maximum absolute atomic E-state index is 13.0. The van der Waals surface area contributed by atoms with Crippen molar-refractivity contribution in [1.29, 1.82) is 0 Å². The molecule has 0 unspecified atom stereocenters. The van der Waals surface area contributed by atoms with Crippen molar-refractivity contribution in [3.05, 3.63) is 64.6 Å². The Labute approximate surface area is 150 Å². The molecule has 2 heterocycles. The largest absolute Gasteiger partial charge is 0.497 e. The van der Waals surface area contributed by atoms with E-state index in [9.17, 15) is 9.59 Å². The first-order valence-corrected chi connectivity index (χ1v) is 8.65. The van der Waals surface area contributed by atoms with Gasteiger partial charge in [-0.3, -0.25) is 9.59 Å². The van der Waals surface area contributed by atoms with Gasteiger partial charge >= 0.3 is 0 Å². The van der Waals surface area contributed by atoms with Crippen molar-refractivity contribution in [3.8, 4) is 11.4 Å². The first-order chi connectivity index (χ1) is 12.7. The molecule has 0 radical (unpaired) electrons. The molecule has 6 heteroatoms. The summed E-state index contributed by atoms with van der Waals surface area (Å²) in [6.07, 6.45) is 2.00. The molecule has 3 aromatic rings. The fourth-order valence-electron chi connectivity index (χ4n) is 3.32. The van der Waals surface area contributed by atoms with Crippen LogP contribution >= 0.6 is 0 Å². The Morgan fingerprint density at radius 2 is 1.65 bits per heavy atom. The average molecular weight is 349 g/mol. The van der Waals surface area contributed by atoms with Crippen molar-refractivity contribution in [3.63, 3.8) is 0 Å². The van der Waals surface area contributed by atoms with Crippen LogP contribution in [0.15, 0.2) is 53.3 Å². The summed E-state index contributed by atoms with van der Waals surface area (Å²) in [6, 6.07) is 14.2. The molecule has 1 saturated heterocycles. The van der Waals surface area contributed by atoms with Crippen molar-refractivity contribution in [1.82, 2.24) is 14.7 Å². The van der Waals surface area contributed by atoms with Crippen molar-refractivity contribution in [2.75, 3.05) is 20.2 Å². The maximum atomic E-state index is 13.0. The third-order valence-electron chi connectivity index (χ3n) is 4.72. The highest BCUT2D eigenvalue weighted by molar-refractivity contribution is 6.04. The fraction of sp³-hybridized carbons (Fsp3) is 0.250. The molecule has 0 saturated carbocycles. The number of benzene rings is 2. The number of nitrogens with zero attached hydrogens (tertiary/aromatic N) is 3. The van der Waals surface area contributed by atoms with Crippen LogP contribution in [0.1, 0.15) is 23.3 Å². The number of hydrogen-bond donors (Lipinski definition) is 0. The summed E-state index contributed by atoms with van der Waals surface area (Å²) in [6.45, 7) is 1.47. The second-order valence-corrected chi connectivity index (χ2v) is 6.31. The van der Waals surface area contributed by atoms with Crippen molar-refractivity contribution in [2.24, 2.45) is 0 Å². The third-order valence-corrected chi connectivity index (χ3v) is 4.72. The van der Waals surface area contributed by atoms with Crippen LogP contribution in [0.5, 0.6) is 5.75 Å². The van der Waals surface area contributed by atoms with Crippen LogP contribution in [0.3, 0.4) is 0 Å². The highest BCUT2D eigenvalue weighted by Gasteiger charge is 2.24. The van der Waals surface area contributed by atoms with Gasteiger partial charge in [-0.15, -0.1) is 0 Å². The van der Waals surface area contributed by atoms with Gasteiger partial charge in [-0.2, -0.15) is 9.78 Å².